The molecule has 1 aromatic heterocycles. The number of ether oxygens (including phenoxy) is 1. The first-order valence-corrected chi connectivity index (χ1v) is 7.44. The third kappa shape index (κ3) is 3.30. The predicted molar refractivity (Wildman–Crippen MR) is 79.1 cm³/mol. The lowest BCUT2D eigenvalue weighted by atomic mass is 10.1. The van der Waals surface area contributed by atoms with Gasteiger partial charge in [0.15, 0.2) is 5.12 Å². The molecule has 5 nitrogen and oxygen atoms in total. The Kier molecular flexibility index (Phi) is 4.65. The van der Waals surface area contributed by atoms with Crippen LogP contribution in [0.4, 0.5) is 5.69 Å². The Morgan fingerprint density at radius 1 is 1.60 bits per heavy atom. The molecular weight excluding hydrogens is 276 g/mol. The van der Waals surface area contributed by atoms with E-state index in [2.05, 4.69) is 4.98 Å². The van der Waals surface area contributed by atoms with Gasteiger partial charge in [-0.05, 0) is 18.9 Å². The van der Waals surface area contributed by atoms with Gasteiger partial charge in [-0.25, -0.2) is 4.98 Å². The summed E-state index contributed by atoms with van der Waals surface area (Å²) in [5.74, 6) is 1.58. The number of rotatable bonds is 4. The number of anilines is 1. The van der Waals surface area contributed by atoms with E-state index < -0.39 is 0 Å². The van der Waals surface area contributed by atoms with Gasteiger partial charge in [0.05, 0.1) is 19.0 Å². The second-order valence-corrected chi connectivity index (χ2v) is 6.09. The van der Waals surface area contributed by atoms with Gasteiger partial charge < -0.3 is 9.64 Å². The van der Waals surface area contributed by atoms with Gasteiger partial charge in [-0.3, -0.25) is 9.59 Å². The summed E-state index contributed by atoms with van der Waals surface area (Å²) in [6, 6.07) is 1.91. The van der Waals surface area contributed by atoms with E-state index in [4.69, 9.17) is 4.74 Å². The maximum absolute atomic E-state index is 12.1. The molecule has 20 heavy (non-hydrogen) atoms. The third-order valence-corrected chi connectivity index (χ3v) is 4.29. The molecule has 6 heteroatoms. The molecule has 0 aliphatic carbocycles. The summed E-state index contributed by atoms with van der Waals surface area (Å²) in [5.41, 5.74) is 1.70. The van der Waals surface area contributed by atoms with E-state index in [9.17, 15) is 9.59 Å². The number of pyridine rings is 1. The summed E-state index contributed by atoms with van der Waals surface area (Å²) in [7, 11) is 1.57. The van der Waals surface area contributed by atoms with Crippen molar-refractivity contribution in [3.8, 4) is 5.88 Å². The first kappa shape index (κ1) is 14.8. The van der Waals surface area contributed by atoms with Crippen LogP contribution in [0, 0.1) is 12.8 Å². The molecule has 0 aromatic carbocycles. The molecule has 2 rings (SSSR count). The minimum absolute atomic E-state index is 0.0884. The van der Waals surface area contributed by atoms with Crippen molar-refractivity contribution in [2.45, 2.75) is 20.3 Å². The van der Waals surface area contributed by atoms with E-state index in [1.54, 1.807) is 25.1 Å². The van der Waals surface area contributed by atoms with Gasteiger partial charge in [-0.1, -0.05) is 11.8 Å². The average Bonchev–Trinajstić information content (AvgIpc) is 2.77. The SMILES string of the molecule is COc1ncc(N2CC(CSC(C)=O)CC2=O)cc1C. The van der Waals surface area contributed by atoms with Crippen molar-refractivity contribution in [1.82, 2.24) is 4.98 Å². The van der Waals surface area contributed by atoms with Crippen LogP contribution in [0.25, 0.3) is 0 Å². The Morgan fingerprint density at radius 3 is 2.95 bits per heavy atom. The molecule has 1 saturated heterocycles. The van der Waals surface area contributed by atoms with Gasteiger partial charge in [-0.15, -0.1) is 0 Å². The molecular formula is C14H18N2O3S. The first-order chi connectivity index (χ1) is 9.51. The fourth-order valence-corrected chi connectivity index (χ4v) is 2.98. The molecule has 1 fully saturated rings. The number of aromatic nitrogens is 1. The standard InChI is InChI=1S/C14H18N2O3S/c1-9-4-12(6-15-14(9)19-3)16-7-11(5-13(16)18)8-20-10(2)17/h4,6,11H,5,7-8H2,1-3H3. The number of hydrogen-bond donors (Lipinski definition) is 0. The second-order valence-electron chi connectivity index (χ2n) is 4.90. The lowest BCUT2D eigenvalue weighted by Crippen LogP contribution is -2.25. The van der Waals surface area contributed by atoms with Gasteiger partial charge in [0.1, 0.15) is 0 Å². The maximum atomic E-state index is 12.1. The van der Waals surface area contributed by atoms with E-state index in [-0.39, 0.29) is 16.9 Å². The lowest BCUT2D eigenvalue weighted by Gasteiger charge is -2.17. The molecule has 1 aromatic rings. The zero-order chi connectivity index (χ0) is 14.7. The van der Waals surface area contributed by atoms with E-state index in [1.807, 2.05) is 13.0 Å². The first-order valence-electron chi connectivity index (χ1n) is 6.45. The number of hydrogen-bond acceptors (Lipinski definition) is 5. The van der Waals surface area contributed by atoms with Gasteiger partial charge in [0.25, 0.3) is 0 Å². The van der Waals surface area contributed by atoms with E-state index >= 15 is 0 Å². The van der Waals surface area contributed by atoms with Crippen molar-refractivity contribution in [2.75, 3.05) is 24.3 Å². The number of nitrogens with zero attached hydrogens (tertiary/aromatic N) is 2. The summed E-state index contributed by atoms with van der Waals surface area (Å²) in [4.78, 5) is 29.0. The van der Waals surface area contributed by atoms with Crippen molar-refractivity contribution in [3.05, 3.63) is 17.8 Å². The molecule has 1 unspecified atom stereocenters. The topological polar surface area (TPSA) is 59.5 Å². The molecule has 108 valence electrons. The van der Waals surface area contributed by atoms with Gasteiger partial charge in [0.2, 0.25) is 11.8 Å². The zero-order valence-electron chi connectivity index (χ0n) is 11.9. The van der Waals surface area contributed by atoms with Crippen LogP contribution in [-0.4, -0.2) is 35.4 Å². The van der Waals surface area contributed by atoms with E-state index in [0.29, 0.717) is 24.6 Å². The Balaban J connectivity index is 2.07. The minimum Gasteiger partial charge on any atom is -0.481 e. The third-order valence-electron chi connectivity index (χ3n) is 3.25. The van der Waals surface area contributed by atoms with Crippen molar-refractivity contribution >= 4 is 28.5 Å². The van der Waals surface area contributed by atoms with E-state index in [1.165, 1.54) is 11.8 Å². The highest BCUT2D eigenvalue weighted by Gasteiger charge is 2.31. The summed E-state index contributed by atoms with van der Waals surface area (Å²) in [6.07, 6.45) is 2.15. The van der Waals surface area contributed by atoms with Crippen LogP contribution in [0.1, 0.15) is 18.9 Å². The molecule has 1 atom stereocenters. The number of aryl methyl sites for hydroxylation is 1. The van der Waals surface area contributed by atoms with Gasteiger partial charge in [0, 0.05) is 31.2 Å². The molecule has 1 aliphatic heterocycles. The molecule has 0 bridgehead atoms. The van der Waals surface area contributed by atoms with Crippen molar-refractivity contribution in [3.63, 3.8) is 0 Å². The highest BCUT2D eigenvalue weighted by molar-refractivity contribution is 8.13. The molecule has 0 radical (unpaired) electrons. The summed E-state index contributed by atoms with van der Waals surface area (Å²) in [6.45, 7) is 4.10. The largest absolute Gasteiger partial charge is 0.481 e. The van der Waals surface area contributed by atoms with Crippen LogP contribution in [0.2, 0.25) is 0 Å². The average molecular weight is 294 g/mol. The van der Waals surface area contributed by atoms with Gasteiger partial charge in [-0.2, -0.15) is 0 Å². The van der Waals surface area contributed by atoms with Crippen molar-refractivity contribution < 1.29 is 14.3 Å². The molecule has 0 spiro atoms. The Labute approximate surface area is 122 Å². The number of thioether (sulfide) groups is 1. The smallest absolute Gasteiger partial charge is 0.227 e. The number of carbonyl (C=O) groups is 2. The van der Waals surface area contributed by atoms with Crippen LogP contribution in [0.3, 0.4) is 0 Å². The molecule has 1 aliphatic rings. The van der Waals surface area contributed by atoms with Crippen LogP contribution < -0.4 is 9.64 Å². The monoisotopic (exact) mass is 294 g/mol. The second kappa shape index (κ2) is 6.26. The minimum atomic E-state index is 0.0884. The number of carbonyl (C=O) groups excluding carboxylic acids is 2. The van der Waals surface area contributed by atoms with Crippen LogP contribution in [0.5, 0.6) is 5.88 Å². The lowest BCUT2D eigenvalue weighted by molar-refractivity contribution is -0.117. The zero-order valence-corrected chi connectivity index (χ0v) is 12.7. The van der Waals surface area contributed by atoms with Crippen molar-refractivity contribution in [1.29, 1.82) is 0 Å². The highest BCUT2D eigenvalue weighted by atomic mass is 32.2. The Bertz CT molecular complexity index is 533. The highest BCUT2D eigenvalue weighted by Crippen LogP contribution is 2.29. The number of amides is 1. The Hall–Kier alpha value is -1.56. The predicted octanol–water partition coefficient (Wildman–Crippen LogP) is 2.03. The van der Waals surface area contributed by atoms with Crippen LogP contribution in [-0.2, 0) is 9.59 Å². The summed E-state index contributed by atoms with van der Waals surface area (Å²) in [5, 5.41) is 0.0952. The Morgan fingerprint density at radius 2 is 2.35 bits per heavy atom. The van der Waals surface area contributed by atoms with Crippen molar-refractivity contribution in [2.24, 2.45) is 5.92 Å². The molecule has 1 amide bonds. The maximum Gasteiger partial charge on any atom is 0.227 e. The van der Waals surface area contributed by atoms with Crippen LogP contribution in [0.15, 0.2) is 12.3 Å². The molecule has 0 N–H and O–H groups in total. The number of methoxy groups -OCH3 is 1. The molecule has 2 heterocycles. The van der Waals surface area contributed by atoms with Gasteiger partial charge >= 0.3 is 0 Å². The fraction of sp³-hybridized carbons (Fsp3) is 0.500. The quantitative estimate of drug-likeness (QED) is 0.850. The summed E-state index contributed by atoms with van der Waals surface area (Å²) >= 11 is 1.28. The normalized spacial score (nSPS) is 18.4. The van der Waals surface area contributed by atoms with E-state index in [0.717, 1.165) is 11.3 Å². The summed E-state index contributed by atoms with van der Waals surface area (Å²) < 4.78 is 5.12. The molecule has 0 saturated carbocycles. The van der Waals surface area contributed by atoms with Crippen LogP contribution >= 0.6 is 11.8 Å². The fourth-order valence-electron chi connectivity index (χ4n) is 2.29.